The van der Waals surface area contributed by atoms with Gasteiger partial charge in [0.25, 0.3) is 5.24 Å². The second-order valence-corrected chi connectivity index (χ2v) is 4.48. The van der Waals surface area contributed by atoms with Crippen molar-refractivity contribution in [2.45, 2.75) is 33.2 Å². The molecule has 1 saturated heterocycles. The van der Waals surface area contributed by atoms with Gasteiger partial charge in [-0.1, -0.05) is 32.5 Å². The molecule has 1 aliphatic rings. The third-order valence-corrected chi connectivity index (χ3v) is 3.20. The standard InChI is InChI=1S/C9H15NO2S/c1-4-8(11)10-7(6(2)3)5-13-9(10)12/h6-7H,4-5H2,1-3H3/t7-/m1/s1. The number of carbonyl (C=O) groups excluding carboxylic acids is 2. The molecule has 0 aliphatic carbocycles. The first-order chi connectivity index (χ1) is 6.07. The average molecular weight is 201 g/mol. The highest BCUT2D eigenvalue weighted by atomic mass is 32.2. The lowest BCUT2D eigenvalue weighted by Gasteiger charge is -2.24. The Morgan fingerprint density at radius 3 is 2.77 bits per heavy atom. The van der Waals surface area contributed by atoms with Gasteiger partial charge in [0.2, 0.25) is 5.91 Å². The lowest BCUT2D eigenvalue weighted by molar-refractivity contribution is -0.129. The Kier molecular flexibility index (Phi) is 3.36. The number of nitrogens with zero attached hydrogens (tertiary/aromatic N) is 1. The van der Waals surface area contributed by atoms with Crippen LogP contribution in [-0.4, -0.2) is 27.8 Å². The van der Waals surface area contributed by atoms with Gasteiger partial charge < -0.3 is 0 Å². The molecule has 13 heavy (non-hydrogen) atoms. The lowest BCUT2D eigenvalue weighted by Crippen LogP contribution is -2.41. The zero-order chi connectivity index (χ0) is 10.0. The van der Waals surface area contributed by atoms with Crippen LogP contribution >= 0.6 is 11.8 Å². The first-order valence-electron chi connectivity index (χ1n) is 4.56. The molecule has 1 aliphatic heterocycles. The summed E-state index contributed by atoms with van der Waals surface area (Å²) in [6.45, 7) is 5.87. The van der Waals surface area contributed by atoms with Gasteiger partial charge in [0.05, 0.1) is 6.04 Å². The Morgan fingerprint density at radius 2 is 2.31 bits per heavy atom. The number of imide groups is 1. The minimum Gasteiger partial charge on any atom is -0.274 e. The maximum absolute atomic E-state index is 11.4. The summed E-state index contributed by atoms with van der Waals surface area (Å²) in [5, 5.41) is -0.0782. The van der Waals surface area contributed by atoms with Crippen molar-refractivity contribution in [2.75, 3.05) is 5.75 Å². The van der Waals surface area contributed by atoms with Crippen LogP contribution in [0.1, 0.15) is 27.2 Å². The van der Waals surface area contributed by atoms with E-state index in [4.69, 9.17) is 0 Å². The Balaban J connectivity index is 2.77. The Hall–Kier alpha value is -0.510. The average Bonchev–Trinajstić information content (AvgIpc) is 2.46. The van der Waals surface area contributed by atoms with Crippen LogP contribution in [0.25, 0.3) is 0 Å². The molecule has 0 radical (unpaired) electrons. The predicted octanol–water partition coefficient (Wildman–Crippen LogP) is 2.12. The fourth-order valence-electron chi connectivity index (χ4n) is 1.38. The second kappa shape index (κ2) is 4.13. The molecule has 0 N–H and O–H groups in total. The zero-order valence-electron chi connectivity index (χ0n) is 8.24. The number of hydrogen-bond donors (Lipinski definition) is 0. The van der Waals surface area contributed by atoms with E-state index >= 15 is 0 Å². The van der Waals surface area contributed by atoms with Gasteiger partial charge in [-0.05, 0) is 5.92 Å². The van der Waals surface area contributed by atoms with Crippen LogP contribution in [-0.2, 0) is 4.79 Å². The second-order valence-electron chi connectivity index (χ2n) is 3.51. The summed E-state index contributed by atoms with van der Waals surface area (Å²) in [6, 6.07) is 0.102. The highest BCUT2D eigenvalue weighted by Gasteiger charge is 2.37. The van der Waals surface area contributed by atoms with Gasteiger partial charge in [-0.2, -0.15) is 0 Å². The van der Waals surface area contributed by atoms with Crippen molar-refractivity contribution in [3.63, 3.8) is 0 Å². The van der Waals surface area contributed by atoms with E-state index in [2.05, 4.69) is 0 Å². The van der Waals surface area contributed by atoms with Gasteiger partial charge in [0.15, 0.2) is 0 Å². The topological polar surface area (TPSA) is 37.4 Å². The van der Waals surface area contributed by atoms with Crippen molar-refractivity contribution >= 4 is 22.9 Å². The summed E-state index contributed by atoms with van der Waals surface area (Å²) in [5.74, 6) is 1.06. The van der Waals surface area contributed by atoms with Crippen LogP contribution in [0.15, 0.2) is 0 Å². The molecule has 0 aromatic rings. The fourth-order valence-corrected chi connectivity index (χ4v) is 2.61. The van der Waals surface area contributed by atoms with E-state index in [0.29, 0.717) is 12.3 Å². The molecule has 0 aromatic heterocycles. The highest BCUT2D eigenvalue weighted by Crippen LogP contribution is 2.28. The molecule has 1 fully saturated rings. The minimum atomic E-state index is -0.0782. The number of carbonyl (C=O) groups is 2. The normalized spacial score (nSPS) is 22.9. The molecule has 0 spiro atoms. The van der Waals surface area contributed by atoms with Gasteiger partial charge in [-0.3, -0.25) is 14.5 Å². The molecule has 74 valence electrons. The van der Waals surface area contributed by atoms with Crippen molar-refractivity contribution in [1.29, 1.82) is 0 Å². The summed E-state index contributed by atoms with van der Waals surface area (Å²) in [5.41, 5.74) is 0. The van der Waals surface area contributed by atoms with E-state index in [1.54, 1.807) is 6.92 Å². The molecule has 4 heteroatoms. The van der Waals surface area contributed by atoms with Gasteiger partial charge in [-0.25, -0.2) is 0 Å². The minimum absolute atomic E-state index is 0.0475. The first kappa shape index (κ1) is 10.6. The molecule has 1 atom stereocenters. The van der Waals surface area contributed by atoms with Crippen molar-refractivity contribution < 1.29 is 9.59 Å². The van der Waals surface area contributed by atoms with Crippen molar-refractivity contribution in [1.82, 2.24) is 4.90 Å². The SMILES string of the molecule is CCC(=O)N1C(=O)SC[C@@H]1C(C)C. The smallest absolute Gasteiger partial charge is 0.274 e. The van der Waals surface area contributed by atoms with Crippen LogP contribution in [0.3, 0.4) is 0 Å². The van der Waals surface area contributed by atoms with E-state index in [9.17, 15) is 9.59 Å². The van der Waals surface area contributed by atoms with Crippen molar-refractivity contribution in [3.05, 3.63) is 0 Å². The molecule has 1 rings (SSSR count). The van der Waals surface area contributed by atoms with Gasteiger partial charge in [0, 0.05) is 12.2 Å². The van der Waals surface area contributed by atoms with Gasteiger partial charge >= 0.3 is 0 Å². The van der Waals surface area contributed by atoms with Crippen molar-refractivity contribution in [3.8, 4) is 0 Å². The molecule has 0 unspecified atom stereocenters. The summed E-state index contributed by atoms with van der Waals surface area (Å²) >= 11 is 1.25. The molecule has 0 bridgehead atoms. The van der Waals surface area contributed by atoms with Crippen LogP contribution in [0.4, 0.5) is 4.79 Å². The lowest BCUT2D eigenvalue weighted by atomic mass is 10.1. The number of thioether (sulfide) groups is 1. The largest absolute Gasteiger partial charge is 0.288 e. The maximum atomic E-state index is 11.4. The molecule has 2 amide bonds. The molecule has 0 aromatic carbocycles. The quantitative estimate of drug-likeness (QED) is 0.686. The number of hydrogen-bond acceptors (Lipinski definition) is 3. The van der Waals surface area contributed by atoms with Crippen LogP contribution in [0, 0.1) is 5.92 Å². The Morgan fingerprint density at radius 1 is 1.69 bits per heavy atom. The van der Waals surface area contributed by atoms with E-state index in [1.165, 1.54) is 16.7 Å². The van der Waals surface area contributed by atoms with Gasteiger partial charge in [-0.15, -0.1) is 0 Å². The van der Waals surface area contributed by atoms with Crippen molar-refractivity contribution in [2.24, 2.45) is 5.92 Å². The highest BCUT2D eigenvalue weighted by molar-refractivity contribution is 8.14. The van der Waals surface area contributed by atoms with E-state index < -0.39 is 0 Å². The monoisotopic (exact) mass is 201 g/mol. The zero-order valence-corrected chi connectivity index (χ0v) is 9.06. The third kappa shape index (κ3) is 2.05. The van der Waals surface area contributed by atoms with E-state index in [1.807, 2.05) is 13.8 Å². The van der Waals surface area contributed by atoms with Gasteiger partial charge in [0.1, 0.15) is 0 Å². The Labute approximate surface area is 82.9 Å². The molecule has 3 nitrogen and oxygen atoms in total. The molecular formula is C9H15NO2S. The number of amides is 2. The number of rotatable bonds is 2. The van der Waals surface area contributed by atoms with E-state index in [0.717, 1.165) is 5.75 Å². The van der Waals surface area contributed by atoms with E-state index in [-0.39, 0.29) is 17.2 Å². The van der Waals surface area contributed by atoms with Crippen LogP contribution < -0.4 is 0 Å². The molecular weight excluding hydrogens is 186 g/mol. The van der Waals surface area contributed by atoms with Crippen LogP contribution in [0.2, 0.25) is 0 Å². The predicted molar refractivity (Wildman–Crippen MR) is 53.6 cm³/mol. The molecule has 0 saturated carbocycles. The first-order valence-corrected chi connectivity index (χ1v) is 5.55. The fraction of sp³-hybridized carbons (Fsp3) is 0.778. The maximum Gasteiger partial charge on any atom is 0.288 e. The molecule has 1 heterocycles. The summed E-state index contributed by atoms with van der Waals surface area (Å²) < 4.78 is 0. The summed E-state index contributed by atoms with van der Waals surface area (Å²) in [6.07, 6.45) is 0.412. The third-order valence-electron chi connectivity index (χ3n) is 2.25. The Bertz CT molecular complexity index is 228. The summed E-state index contributed by atoms with van der Waals surface area (Å²) in [4.78, 5) is 24.2. The van der Waals surface area contributed by atoms with Crippen LogP contribution in [0.5, 0.6) is 0 Å². The summed E-state index contributed by atoms with van der Waals surface area (Å²) in [7, 11) is 0.